The van der Waals surface area contributed by atoms with Gasteiger partial charge in [-0.1, -0.05) is 25.1 Å². The van der Waals surface area contributed by atoms with Crippen LogP contribution >= 0.6 is 0 Å². The summed E-state index contributed by atoms with van der Waals surface area (Å²) in [5.74, 6) is 0.458. The van der Waals surface area contributed by atoms with Crippen molar-refractivity contribution in [1.29, 1.82) is 0 Å². The first kappa shape index (κ1) is 13.1. The van der Waals surface area contributed by atoms with Crippen LogP contribution in [0.5, 0.6) is 0 Å². The number of hydrogen-bond donors (Lipinski definition) is 1. The van der Waals surface area contributed by atoms with E-state index in [-0.39, 0.29) is 5.56 Å². The second-order valence-electron chi connectivity index (χ2n) is 5.93. The highest BCUT2D eigenvalue weighted by Gasteiger charge is 2.27. The Morgan fingerprint density at radius 3 is 2.80 bits per heavy atom. The molecule has 1 aliphatic carbocycles. The minimum Gasteiger partial charge on any atom is -0.478 e. The van der Waals surface area contributed by atoms with Crippen LogP contribution in [0.25, 0.3) is 11.0 Å². The SMILES string of the molecule is CC1CCC(n2nnc3c(C(=O)O)cccc32)CC1C. The lowest BCUT2D eigenvalue weighted by Gasteiger charge is -2.32. The van der Waals surface area contributed by atoms with E-state index in [1.165, 1.54) is 6.42 Å². The average Bonchev–Trinajstić information content (AvgIpc) is 2.85. The first-order chi connectivity index (χ1) is 9.58. The van der Waals surface area contributed by atoms with Crippen LogP contribution in [0.1, 0.15) is 49.5 Å². The van der Waals surface area contributed by atoms with E-state index in [0.29, 0.717) is 17.5 Å². The molecule has 1 aromatic heterocycles. The quantitative estimate of drug-likeness (QED) is 0.912. The fourth-order valence-corrected chi connectivity index (χ4v) is 3.15. The monoisotopic (exact) mass is 273 g/mol. The Morgan fingerprint density at radius 2 is 2.10 bits per heavy atom. The lowest BCUT2D eigenvalue weighted by atomic mass is 9.79. The van der Waals surface area contributed by atoms with Crippen molar-refractivity contribution in [2.75, 3.05) is 0 Å². The third-order valence-electron chi connectivity index (χ3n) is 4.65. The molecule has 106 valence electrons. The predicted molar refractivity (Wildman–Crippen MR) is 75.7 cm³/mol. The summed E-state index contributed by atoms with van der Waals surface area (Å²) in [5, 5.41) is 17.5. The normalized spacial score (nSPS) is 26.8. The lowest BCUT2D eigenvalue weighted by Crippen LogP contribution is -2.24. The molecular weight excluding hydrogens is 254 g/mol. The number of aromatic nitrogens is 3. The number of carbonyl (C=O) groups is 1. The highest BCUT2D eigenvalue weighted by Crippen LogP contribution is 2.37. The Morgan fingerprint density at radius 1 is 1.30 bits per heavy atom. The lowest BCUT2D eigenvalue weighted by molar-refractivity contribution is 0.0699. The highest BCUT2D eigenvalue weighted by molar-refractivity contribution is 6.00. The Hall–Kier alpha value is -1.91. The van der Waals surface area contributed by atoms with E-state index in [9.17, 15) is 9.90 Å². The predicted octanol–water partition coefficient (Wildman–Crippen LogP) is 3.13. The van der Waals surface area contributed by atoms with Crippen molar-refractivity contribution in [3.05, 3.63) is 23.8 Å². The maximum absolute atomic E-state index is 11.2. The molecule has 1 N–H and O–H groups in total. The van der Waals surface area contributed by atoms with Gasteiger partial charge in [0.2, 0.25) is 0 Å². The zero-order valence-corrected chi connectivity index (χ0v) is 11.8. The van der Waals surface area contributed by atoms with E-state index in [0.717, 1.165) is 24.3 Å². The molecule has 20 heavy (non-hydrogen) atoms. The summed E-state index contributed by atoms with van der Waals surface area (Å²) in [7, 11) is 0. The number of carboxylic acids is 1. The molecule has 2 aromatic rings. The van der Waals surface area contributed by atoms with Gasteiger partial charge in [-0.2, -0.15) is 0 Å². The zero-order valence-electron chi connectivity index (χ0n) is 11.8. The van der Waals surface area contributed by atoms with Gasteiger partial charge in [-0.05, 0) is 43.2 Å². The highest BCUT2D eigenvalue weighted by atomic mass is 16.4. The number of hydrogen-bond acceptors (Lipinski definition) is 3. The largest absolute Gasteiger partial charge is 0.478 e. The fraction of sp³-hybridized carbons (Fsp3) is 0.533. The molecule has 3 rings (SSSR count). The molecular formula is C15H19N3O2. The molecule has 0 aliphatic heterocycles. The van der Waals surface area contributed by atoms with Crippen LogP contribution in [0.3, 0.4) is 0 Å². The van der Waals surface area contributed by atoms with Crippen molar-refractivity contribution < 1.29 is 9.90 Å². The summed E-state index contributed by atoms with van der Waals surface area (Å²) < 4.78 is 1.92. The molecule has 1 fully saturated rings. The molecule has 1 saturated carbocycles. The van der Waals surface area contributed by atoms with E-state index >= 15 is 0 Å². The van der Waals surface area contributed by atoms with E-state index in [4.69, 9.17) is 0 Å². The molecule has 1 aromatic carbocycles. The Labute approximate surface area is 117 Å². The Kier molecular flexibility index (Phi) is 3.20. The van der Waals surface area contributed by atoms with E-state index in [1.54, 1.807) is 12.1 Å². The second-order valence-corrected chi connectivity index (χ2v) is 5.93. The summed E-state index contributed by atoms with van der Waals surface area (Å²) in [5.41, 5.74) is 1.55. The Balaban J connectivity index is 2.01. The molecule has 1 heterocycles. The van der Waals surface area contributed by atoms with Crippen LogP contribution in [0, 0.1) is 11.8 Å². The third-order valence-corrected chi connectivity index (χ3v) is 4.65. The molecule has 1 aliphatic rings. The van der Waals surface area contributed by atoms with Crippen molar-refractivity contribution in [2.24, 2.45) is 11.8 Å². The molecule has 0 spiro atoms. The van der Waals surface area contributed by atoms with Crippen molar-refractivity contribution >= 4 is 17.0 Å². The topological polar surface area (TPSA) is 68.0 Å². The molecule has 5 heteroatoms. The van der Waals surface area contributed by atoms with Gasteiger partial charge in [0, 0.05) is 0 Å². The minimum atomic E-state index is -0.951. The van der Waals surface area contributed by atoms with Crippen LogP contribution in [-0.4, -0.2) is 26.1 Å². The second kappa shape index (κ2) is 4.89. The standard InChI is InChI=1S/C15H19N3O2/c1-9-6-7-11(8-10(9)2)18-13-5-3-4-12(15(19)20)14(13)16-17-18/h3-5,9-11H,6-8H2,1-2H3,(H,19,20). The maximum Gasteiger partial charge on any atom is 0.338 e. The third kappa shape index (κ3) is 2.07. The van der Waals surface area contributed by atoms with Gasteiger partial charge < -0.3 is 5.11 Å². The van der Waals surface area contributed by atoms with Gasteiger partial charge in [0.1, 0.15) is 5.52 Å². The number of carboxylic acid groups (broad SMARTS) is 1. The molecule has 3 unspecified atom stereocenters. The number of benzene rings is 1. The van der Waals surface area contributed by atoms with Crippen molar-refractivity contribution in [2.45, 2.75) is 39.2 Å². The van der Waals surface area contributed by atoms with Crippen molar-refractivity contribution in [3.63, 3.8) is 0 Å². The van der Waals surface area contributed by atoms with Gasteiger partial charge in [-0.3, -0.25) is 0 Å². The molecule has 0 bridgehead atoms. The van der Waals surface area contributed by atoms with Crippen LogP contribution in [0.4, 0.5) is 0 Å². The Bertz CT molecular complexity index is 650. The molecule has 0 amide bonds. The fourth-order valence-electron chi connectivity index (χ4n) is 3.15. The van der Waals surface area contributed by atoms with Crippen LogP contribution < -0.4 is 0 Å². The van der Waals surface area contributed by atoms with Gasteiger partial charge in [-0.25, -0.2) is 9.48 Å². The average molecular weight is 273 g/mol. The van der Waals surface area contributed by atoms with Crippen LogP contribution in [0.15, 0.2) is 18.2 Å². The van der Waals surface area contributed by atoms with Gasteiger partial charge in [0.05, 0.1) is 17.1 Å². The summed E-state index contributed by atoms with van der Waals surface area (Å²) >= 11 is 0. The van der Waals surface area contributed by atoms with Gasteiger partial charge in [0.25, 0.3) is 0 Å². The first-order valence-electron chi connectivity index (χ1n) is 7.15. The zero-order chi connectivity index (χ0) is 14.3. The summed E-state index contributed by atoms with van der Waals surface area (Å²) in [6, 6.07) is 5.58. The van der Waals surface area contributed by atoms with Crippen LogP contribution in [-0.2, 0) is 0 Å². The number of rotatable bonds is 2. The minimum absolute atomic E-state index is 0.228. The van der Waals surface area contributed by atoms with E-state index in [1.807, 2.05) is 10.7 Å². The van der Waals surface area contributed by atoms with Gasteiger partial charge >= 0.3 is 5.97 Å². The maximum atomic E-state index is 11.2. The summed E-state index contributed by atoms with van der Waals surface area (Å²) in [6.07, 6.45) is 3.35. The summed E-state index contributed by atoms with van der Waals surface area (Å²) in [6.45, 7) is 4.57. The smallest absolute Gasteiger partial charge is 0.338 e. The number of aromatic carboxylic acids is 1. The van der Waals surface area contributed by atoms with Gasteiger partial charge in [0.15, 0.2) is 0 Å². The van der Waals surface area contributed by atoms with Crippen molar-refractivity contribution in [3.8, 4) is 0 Å². The summed E-state index contributed by atoms with van der Waals surface area (Å²) in [4.78, 5) is 11.2. The molecule has 3 atom stereocenters. The number of nitrogens with zero attached hydrogens (tertiary/aromatic N) is 3. The first-order valence-corrected chi connectivity index (χ1v) is 7.15. The molecule has 0 radical (unpaired) electrons. The van der Waals surface area contributed by atoms with Gasteiger partial charge in [-0.15, -0.1) is 5.10 Å². The van der Waals surface area contributed by atoms with E-state index in [2.05, 4.69) is 24.2 Å². The molecule has 5 nitrogen and oxygen atoms in total. The van der Waals surface area contributed by atoms with Crippen molar-refractivity contribution in [1.82, 2.24) is 15.0 Å². The molecule has 0 saturated heterocycles. The number of fused-ring (bicyclic) bond motifs is 1. The van der Waals surface area contributed by atoms with E-state index < -0.39 is 5.97 Å². The van der Waals surface area contributed by atoms with Crippen LogP contribution in [0.2, 0.25) is 0 Å².